The normalized spacial score (nSPS) is 10.8. The fraction of sp³-hybridized carbons (Fsp3) is 0.250. The first-order chi connectivity index (χ1) is 17.9. The van der Waals surface area contributed by atoms with Gasteiger partial charge in [0, 0.05) is 23.6 Å². The van der Waals surface area contributed by atoms with Gasteiger partial charge in [-0.05, 0) is 79.4 Å². The molecule has 0 spiro atoms. The lowest BCUT2D eigenvalue weighted by molar-refractivity contribution is -0.121. The first-order valence-electron chi connectivity index (χ1n) is 11.9. The molecule has 0 saturated heterocycles. The van der Waals surface area contributed by atoms with Gasteiger partial charge in [0.05, 0.1) is 12.8 Å². The molecule has 0 aliphatic heterocycles. The zero-order valence-electron chi connectivity index (χ0n) is 20.7. The van der Waals surface area contributed by atoms with Crippen LogP contribution in [0.5, 0.6) is 11.5 Å². The van der Waals surface area contributed by atoms with E-state index in [1.165, 1.54) is 18.3 Å². The maximum absolute atomic E-state index is 13.1. The highest BCUT2D eigenvalue weighted by Gasteiger charge is 2.09. The van der Waals surface area contributed by atoms with E-state index in [0.717, 1.165) is 11.1 Å². The van der Waals surface area contributed by atoms with Crippen molar-refractivity contribution in [1.82, 2.24) is 5.43 Å². The van der Waals surface area contributed by atoms with Crippen LogP contribution in [0.15, 0.2) is 65.8 Å². The summed E-state index contributed by atoms with van der Waals surface area (Å²) in [5.74, 6) is 0.280. The SMILES string of the molecule is CCOc1cc(/C=N\NC(=O)CCCC(=O)Nc2cccc(Cl)c2C)ccc1OCc1ccc(F)cc1. The van der Waals surface area contributed by atoms with Crippen LogP contribution in [0.2, 0.25) is 5.02 Å². The van der Waals surface area contributed by atoms with E-state index in [1.807, 2.05) is 13.8 Å². The third-order valence-corrected chi connectivity index (χ3v) is 5.74. The van der Waals surface area contributed by atoms with E-state index in [4.69, 9.17) is 21.1 Å². The van der Waals surface area contributed by atoms with Crippen LogP contribution in [0, 0.1) is 12.7 Å². The van der Waals surface area contributed by atoms with E-state index in [1.54, 1.807) is 48.5 Å². The Morgan fingerprint density at radius 2 is 1.76 bits per heavy atom. The number of ether oxygens (including phenoxy) is 2. The van der Waals surface area contributed by atoms with Crippen molar-refractivity contribution in [2.45, 2.75) is 39.7 Å². The number of rotatable bonds is 12. The molecular formula is C28H29ClFN3O4. The van der Waals surface area contributed by atoms with Gasteiger partial charge in [-0.25, -0.2) is 9.82 Å². The molecule has 0 fully saturated rings. The van der Waals surface area contributed by atoms with E-state index >= 15 is 0 Å². The smallest absolute Gasteiger partial charge is 0.240 e. The van der Waals surface area contributed by atoms with Crippen LogP contribution in [-0.4, -0.2) is 24.6 Å². The van der Waals surface area contributed by atoms with Gasteiger partial charge in [-0.2, -0.15) is 5.10 Å². The monoisotopic (exact) mass is 525 g/mol. The van der Waals surface area contributed by atoms with Crippen molar-refractivity contribution < 1.29 is 23.5 Å². The van der Waals surface area contributed by atoms with Crippen molar-refractivity contribution >= 4 is 35.3 Å². The summed E-state index contributed by atoms with van der Waals surface area (Å²) in [4.78, 5) is 24.3. The number of halogens is 2. The van der Waals surface area contributed by atoms with Crippen molar-refractivity contribution in [3.63, 3.8) is 0 Å². The number of carbonyl (C=O) groups excluding carboxylic acids is 2. The summed E-state index contributed by atoms with van der Waals surface area (Å²) >= 11 is 6.07. The van der Waals surface area contributed by atoms with Crippen LogP contribution in [0.4, 0.5) is 10.1 Å². The molecule has 0 heterocycles. The summed E-state index contributed by atoms with van der Waals surface area (Å²) in [6.07, 6.45) is 2.22. The van der Waals surface area contributed by atoms with Crippen molar-refractivity contribution in [2.75, 3.05) is 11.9 Å². The lowest BCUT2D eigenvalue weighted by Crippen LogP contribution is -2.18. The van der Waals surface area contributed by atoms with Crippen molar-refractivity contribution in [3.8, 4) is 11.5 Å². The number of nitrogens with one attached hydrogen (secondary N) is 2. The molecule has 0 atom stereocenters. The van der Waals surface area contributed by atoms with Crippen molar-refractivity contribution in [2.24, 2.45) is 5.10 Å². The fourth-order valence-electron chi connectivity index (χ4n) is 3.33. The Morgan fingerprint density at radius 1 is 1.00 bits per heavy atom. The Hall–Kier alpha value is -3.91. The summed E-state index contributed by atoms with van der Waals surface area (Å²) in [5, 5.41) is 7.38. The van der Waals surface area contributed by atoms with Crippen LogP contribution in [0.3, 0.4) is 0 Å². The van der Waals surface area contributed by atoms with E-state index < -0.39 is 0 Å². The molecule has 3 rings (SSSR count). The van der Waals surface area contributed by atoms with Crippen molar-refractivity contribution in [1.29, 1.82) is 0 Å². The summed E-state index contributed by atoms with van der Waals surface area (Å²) in [6.45, 7) is 4.39. The summed E-state index contributed by atoms with van der Waals surface area (Å²) in [7, 11) is 0. The quantitative estimate of drug-likeness (QED) is 0.223. The molecule has 3 aromatic rings. The number of anilines is 1. The summed E-state index contributed by atoms with van der Waals surface area (Å²) in [5.41, 5.74) is 5.45. The standard InChI is InChI=1S/C28H29ClFN3O4/c1-3-36-26-16-21(12-15-25(26)37-18-20-10-13-22(30)14-11-20)17-31-33-28(35)9-5-8-27(34)32-24-7-4-6-23(29)19(24)2/h4,6-7,10-17H,3,5,8-9,18H2,1-2H3,(H,32,34)(H,33,35)/b31-17-. The molecule has 37 heavy (non-hydrogen) atoms. The lowest BCUT2D eigenvalue weighted by Gasteiger charge is -2.12. The Kier molecular flexibility index (Phi) is 10.5. The number of hydrogen-bond donors (Lipinski definition) is 2. The molecule has 0 aliphatic carbocycles. The minimum atomic E-state index is -0.302. The number of carbonyl (C=O) groups is 2. The maximum Gasteiger partial charge on any atom is 0.240 e. The maximum atomic E-state index is 13.1. The van der Waals surface area contributed by atoms with Gasteiger partial charge in [0.25, 0.3) is 0 Å². The Balaban J connectivity index is 1.45. The van der Waals surface area contributed by atoms with Gasteiger partial charge < -0.3 is 14.8 Å². The topological polar surface area (TPSA) is 89.0 Å². The molecule has 2 amide bonds. The fourth-order valence-corrected chi connectivity index (χ4v) is 3.51. The minimum absolute atomic E-state index is 0.152. The van der Waals surface area contributed by atoms with E-state index in [2.05, 4.69) is 15.8 Å². The molecule has 0 saturated carbocycles. The third-order valence-electron chi connectivity index (χ3n) is 5.33. The molecule has 3 aromatic carbocycles. The van der Waals surface area contributed by atoms with Crippen LogP contribution in [-0.2, 0) is 16.2 Å². The van der Waals surface area contributed by atoms with Gasteiger partial charge in [-0.15, -0.1) is 0 Å². The molecule has 2 N–H and O–H groups in total. The van der Waals surface area contributed by atoms with E-state index in [0.29, 0.717) is 40.8 Å². The molecule has 0 aliphatic rings. The second kappa shape index (κ2) is 14.0. The van der Waals surface area contributed by atoms with Crippen molar-refractivity contribution in [3.05, 3.63) is 88.2 Å². The molecule has 0 radical (unpaired) electrons. The van der Waals surface area contributed by atoms with E-state index in [-0.39, 0.29) is 37.1 Å². The number of nitrogens with zero attached hydrogens (tertiary/aromatic N) is 1. The third kappa shape index (κ3) is 8.91. The van der Waals surface area contributed by atoms with Crippen LogP contribution in [0.25, 0.3) is 0 Å². The Bertz CT molecular complexity index is 1250. The zero-order chi connectivity index (χ0) is 26.6. The highest BCUT2D eigenvalue weighted by atomic mass is 35.5. The van der Waals surface area contributed by atoms with Gasteiger partial charge in [-0.1, -0.05) is 29.8 Å². The van der Waals surface area contributed by atoms with Crippen LogP contribution >= 0.6 is 11.6 Å². The number of benzene rings is 3. The highest BCUT2D eigenvalue weighted by molar-refractivity contribution is 6.31. The second-order valence-electron chi connectivity index (χ2n) is 8.16. The Morgan fingerprint density at radius 3 is 2.51 bits per heavy atom. The predicted octanol–water partition coefficient (Wildman–Crippen LogP) is 6.02. The van der Waals surface area contributed by atoms with Gasteiger partial charge in [0.1, 0.15) is 12.4 Å². The molecule has 0 aromatic heterocycles. The van der Waals surface area contributed by atoms with Gasteiger partial charge in [0.15, 0.2) is 11.5 Å². The summed E-state index contributed by atoms with van der Waals surface area (Å²) in [6, 6.07) is 16.7. The highest BCUT2D eigenvalue weighted by Crippen LogP contribution is 2.29. The average Bonchev–Trinajstić information content (AvgIpc) is 2.87. The number of hydrazone groups is 1. The summed E-state index contributed by atoms with van der Waals surface area (Å²) < 4.78 is 24.6. The van der Waals surface area contributed by atoms with Gasteiger partial charge >= 0.3 is 0 Å². The average molecular weight is 526 g/mol. The second-order valence-corrected chi connectivity index (χ2v) is 8.57. The molecule has 194 valence electrons. The molecule has 0 bridgehead atoms. The van der Waals surface area contributed by atoms with Gasteiger partial charge in [0.2, 0.25) is 11.8 Å². The number of hydrogen-bond acceptors (Lipinski definition) is 5. The molecule has 0 unspecified atom stereocenters. The minimum Gasteiger partial charge on any atom is -0.490 e. The predicted molar refractivity (Wildman–Crippen MR) is 143 cm³/mol. The van der Waals surface area contributed by atoms with Crippen LogP contribution in [0.1, 0.15) is 42.9 Å². The van der Waals surface area contributed by atoms with Gasteiger partial charge in [-0.3, -0.25) is 9.59 Å². The zero-order valence-corrected chi connectivity index (χ0v) is 21.5. The molecule has 7 nitrogen and oxygen atoms in total. The van der Waals surface area contributed by atoms with E-state index in [9.17, 15) is 14.0 Å². The number of amides is 2. The first kappa shape index (κ1) is 27.7. The van der Waals surface area contributed by atoms with Crippen LogP contribution < -0.4 is 20.2 Å². The molecular weight excluding hydrogens is 497 g/mol. The lowest BCUT2D eigenvalue weighted by atomic mass is 10.2. The first-order valence-corrected chi connectivity index (χ1v) is 12.2. The Labute approximate surface area is 220 Å². The largest absolute Gasteiger partial charge is 0.490 e. The molecule has 9 heteroatoms.